The van der Waals surface area contributed by atoms with Crippen molar-refractivity contribution >= 4 is 0 Å². The van der Waals surface area contributed by atoms with Crippen LogP contribution in [0.2, 0.25) is 0 Å². The van der Waals surface area contributed by atoms with Crippen molar-refractivity contribution in [1.82, 2.24) is 0 Å². The Morgan fingerprint density at radius 1 is 1.03 bits per heavy atom. The fraction of sp³-hybridized carbons (Fsp3) is 0.515. The first-order chi connectivity index (χ1) is 18.0. The van der Waals surface area contributed by atoms with Gasteiger partial charge in [0.05, 0.1) is 25.9 Å². The summed E-state index contributed by atoms with van der Waals surface area (Å²) in [6.45, 7) is 6.76. The SMILES string of the molecule is C#CC(C[C@]1(COCc2ccccc2)C(C)=CC[C@H]2C[C@@H](OCc3ccccc3)CC[C@@]21C)OCOC. The molecular formula is C33H42O4. The number of ether oxygens (including phenoxy) is 4. The second-order valence-electron chi connectivity index (χ2n) is 10.9. The zero-order valence-electron chi connectivity index (χ0n) is 22.7. The van der Waals surface area contributed by atoms with Crippen LogP contribution < -0.4 is 0 Å². The summed E-state index contributed by atoms with van der Waals surface area (Å²) >= 11 is 0. The molecule has 0 N–H and O–H groups in total. The van der Waals surface area contributed by atoms with E-state index in [0.717, 1.165) is 25.7 Å². The number of benzene rings is 2. The Morgan fingerprint density at radius 2 is 1.70 bits per heavy atom. The molecule has 5 atom stereocenters. The third-order valence-corrected chi connectivity index (χ3v) is 8.89. The molecule has 4 nitrogen and oxygen atoms in total. The van der Waals surface area contributed by atoms with Crippen molar-refractivity contribution in [2.45, 2.75) is 71.4 Å². The van der Waals surface area contributed by atoms with Crippen molar-refractivity contribution in [2.24, 2.45) is 16.7 Å². The van der Waals surface area contributed by atoms with Gasteiger partial charge in [-0.3, -0.25) is 0 Å². The van der Waals surface area contributed by atoms with Crippen LogP contribution in [0.4, 0.5) is 0 Å². The van der Waals surface area contributed by atoms with Gasteiger partial charge in [0.25, 0.3) is 0 Å². The second kappa shape index (κ2) is 12.9. The van der Waals surface area contributed by atoms with Gasteiger partial charge < -0.3 is 18.9 Å². The number of hydrogen-bond acceptors (Lipinski definition) is 4. The summed E-state index contributed by atoms with van der Waals surface area (Å²) in [5.74, 6) is 3.38. The van der Waals surface area contributed by atoms with Crippen LogP contribution in [0.3, 0.4) is 0 Å². The minimum atomic E-state index is -0.341. The third-order valence-electron chi connectivity index (χ3n) is 8.89. The maximum Gasteiger partial charge on any atom is 0.148 e. The summed E-state index contributed by atoms with van der Waals surface area (Å²) < 4.78 is 24.1. The van der Waals surface area contributed by atoms with Gasteiger partial charge in [0.1, 0.15) is 12.9 Å². The smallest absolute Gasteiger partial charge is 0.148 e. The fourth-order valence-corrected chi connectivity index (χ4v) is 6.53. The van der Waals surface area contributed by atoms with Crippen LogP contribution >= 0.6 is 0 Å². The van der Waals surface area contributed by atoms with Crippen molar-refractivity contribution in [2.75, 3.05) is 20.5 Å². The lowest BCUT2D eigenvalue weighted by atomic mass is 9.46. The van der Waals surface area contributed by atoms with Crippen LogP contribution in [0.5, 0.6) is 0 Å². The zero-order chi connectivity index (χ0) is 26.1. The number of fused-ring (bicyclic) bond motifs is 1. The number of allylic oxidation sites excluding steroid dienone is 1. The molecule has 1 saturated carbocycles. The van der Waals surface area contributed by atoms with E-state index in [-0.39, 0.29) is 29.8 Å². The Kier molecular flexibility index (Phi) is 9.62. The van der Waals surface area contributed by atoms with Crippen LogP contribution in [-0.4, -0.2) is 32.7 Å². The van der Waals surface area contributed by atoms with E-state index in [1.165, 1.54) is 16.7 Å². The molecule has 2 aromatic carbocycles. The maximum absolute atomic E-state index is 6.50. The monoisotopic (exact) mass is 502 g/mol. The average Bonchev–Trinajstić information content (AvgIpc) is 2.93. The molecule has 0 radical (unpaired) electrons. The average molecular weight is 503 g/mol. The molecule has 0 aliphatic heterocycles. The Morgan fingerprint density at radius 3 is 2.35 bits per heavy atom. The van der Waals surface area contributed by atoms with E-state index in [0.29, 0.717) is 32.2 Å². The van der Waals surface area contributed by atoms with Gasteiger partial charge >= 0.3 is 0 Å². The highest BCUT2D eigenvalue weighted by molar-refractivity contribution is 5.26. The predicted octanol–water partition coefficient (Wildman–Crippen LogP) is 6.94. The zero-order valence-corrected chi connectivity index (χ0v) is 22.7. The number of terminal acetylenes is 1. The second-order valence-corrected chi connectivity index (χ2v) is 10.9. The quantitative estimate of drug-likeness (QED) is 0.179. The minimum absolute atomic E-state index is 0.0284. The Bertz CT molecular complexity index is 1040. The summed E-state index contributed by atoms with van der Waals surface area (Å²) in [5.41, 5.74) is 3.58. The molecule has 4 rings (SSSR count). The van der Waals surface area contributed by atoms with Crippen LogP contribution in [0, 0.1) is 29.1 Å². The van der Waals surface area contributed by atoms with Crippen LogP contribution in [0.1, 0.15) is 57.1 Å². The molecule has 1 fully saturated rings. The highest BCUT2D eigenvalue weighted by Crippen LogP contribution is 2.62. The van der Waals surface area contributed by atoms with E-state index < -0.39 is 0 Å². The van der Waals surface area contributed by atoms with Crippen molar-refractivity contribution in [3.8, 4) is 12.3 Å². The van der Waals surface area contributed by atoms with E-state index >= 15 is 0 Å². The van der Waals surface area contributed by atoms with E-state index in [2.05, 4.69) is 74.4 Å². The van der Waals surface area contributed by atoms with E-state index in [1.54, 1.807) is 7.11 Å². The van der Waals surface area contributed by atoms with E-state index in [9.17, 15) is 0 Å². The van der Waals surface area contributed by atoms with Crippen LogP contribution in [-0.2, 0) is 32.2 Å². The molecule has 0 saturated heterocycles. The highest BCUT2D eigenvalue weighted by atomic mass is 16.7. The Balaban J connectivity index is 1.54. The summed E-state index contributed by atoms with van der Waals surface area (Å²) in [7, 11) is 1.63. The lowest BCUT2D eigenvalue weighted by molar-refractivity contribution is -0.138. The lowest BCUT2D eigenvalue weighted by Crippen LogP contribution is -2.55. The van der Waals surface area contributed by atoms with Crippen molar-refractivity contribution in [1.29, 1.82) is 0 Å². The summed E-state index contributed by atoms with van der Waals surface area (Å²) in [4.78, 5) is 0. The molecule has 0 bridgehead atoms. The summed E-state index contributed by atoms with van der Waals surface area (Å²) in [5, 5.41) is 0. The standard InChI is InChI=1S/C33H42O4/c1-5-30(37-25-34-4)21-33(24-35-22-27-12-8-6-9-13-27)26(2)16-17-29-20-31(18-19-32(29,33)3)36-23-28-14-10-7-11-15-28/h1,6-16,29-31H,17-25H2,2-4H3/t29-,30?,31-,32-,33-/m0/s1. The number of methoxy groups -OCH3 is 1. The summed E-state index contributed by atoms with van der Waals surface area (Å²) in [6.07, 6.45) is 13.2. The molecule has 2 aromatic rings. The van der Waals surface area contributed by atoms with Crippen molar-refractivity contribution in [3.63, 3.8) is 0 Å². The van der Waals surface area contributed by atoms with Gasteiger partial charge in [-0.2, -0.15) is 0 Å². The number of hydrogen-bond donors (Lipinski definition) is 0. The molecule has 0 amide bonds. The molecule has 0 heterocycles. The summed E-state index contributed by atoms with van der Waals surface area (Å²) in [6, 6.07) is 20.8. The molecule has 1 unspecified atom stereocenters. The van der Waals surface area contributed by atoms with Gasteiger partial charge in [-0.05, 0) is 61.5 Å². The van der Waals surface area contributed by atoms with Gasteiger partial charge in [-0.15, -0.1) is 6.42 Å². The Hall–Kier alpha value is -2.42. The molecule has 4 heteroatoms. The molecule has 0 aromatic heterocycles. The van der Waals surface area contributed by atoms with E-state index in [1.807, 2.05) is 12.1 Å². The van der Waals surface area contributed by atoms with Crippen molar-refractivity contribution in [3.05, 3.63) is 83.4 Å². The number of rotatable bonds is 12. The molecule has 2 aliphatic rings. The molecular weight excluding hydrogens is 460 g/mol. The molecule has 198 valence electrons. The van der Waals surface area contributed by atoms with Gasteiger partial charge in [-0.1, -0.05) is 85.2 Å². The topological polar surface area (TPSA) is 36.9 Å². The first-order valence-corrected chi connectivity index (χ1v) is 13.5. The van der Waals surface area contributed by atoms with Gasteiger partial charge in [0.15, 0.2) is 0 Å². The highest BCUT2D eigenvalue weighted by Gasteiger charge is 2.57. The predicted molar refractivity (Wildman–Crippen MR) is 148 cm³/mol. The third kappa shape index (κ3) is 6.36. The maximum atomic E-state index is 6.50. The minimum Gasteiger partial charge on any atom is -0.376 e. The largest absolute Gasteiger partial charge is 0.376 e. The van der Waals surface area contributed by atoms with Gasteiger partial charge in [0.2, 0.25) is 0 Å². The first-order valence-electron chi connectivity index (χ1n) is 13.5. The molecule has 37 heavy (non-hydrogen) atoms. The molecule has 0 spiro atoms. The molecule has 2 aliphatic carbocycles. The Labute approximate surface area is 223 Å². The van der Waals surface area contributed by atoms with Gasteiger partial charge in [-0.25, -0.2) is 0 Å². The normalized spacial score (nSPS) is 28.1. The fourth-order valence-electron chi connectivity index (χ4n) is 6.53. The lowest BCUT2D eigenvalue weighted by Gasteiger charge is -2.59. The van der Waals surface area contributed by atoms with Crippen LogP contribution in [0.15, 0.2) is 72.3 Å². The van der Waals surface area contributed by atoms with Gasteiger partial charge in [0, 0.05) is 12.5 Å². The first kappa shape index (κ1) is 27.6. The van der Waals surface area contributed by atoms with Crippen molar-refractivity contribution < 1.29 is 18.9 Å². The van der Waals surface area contributed by atoms with E-state index in [4.69, 9.17) is 25.4 Å². The van der Waals surface area contributed by atoms with Crippen LogP contribution in [0.25, 0.3) is 0 Å².